The van der Waals surface area contributed by atoms with Crippen LogP contribution in [0.2, 0.25) is 0 Å². The molecule has 180 valence electrons. The van der Waals surface area contributed by atoms with Crippen molar-refractivity contribution in [1.29, 1.82) is 0 Å². The van der Waals surface area contributed by atoms with E-state index in [0.717, 1.165) is 38.2 Å². The van der Waals surface area contributed by atoms with Gasteiger partial charge in [0.15, 0.2) is 11.6 Å². The van der Waals surface area contributed by atoms with Crippen molar-refractivity contribution in [2.45, 2.75) is 24.7 Å². The van der Waals surface area contributed by atoms with E-state index in [4.69, 9.17) is 19.4 Å². The number of carboxylic acid groups (broad SMARTS) is 1. The van der Waals surface area contributed by atoms with Gasteiger partial charge >= 0.3 is 12.1 Å². The van der Waals surface area contributed by atoms with Crippen LogP contribution in [0.5, 0.6) is 0 Å². The minimum Gasteiger partial charge on any atom is -0.475 e. The Bertz CT molecular complexity index is 807. The van der Waals surface area contributed by atoms with Crippen LogP contribution in [0.25, 0.3) is 0 Å². The second kappa shape index (κ2) is 11.0. The van der Waals surface area contributed by atoms with Gasteiger partial charge in [-0.15, -0.1) is 0 Å². The minimum absolute atomic E-state index is 0.0103. The highest BCUT2D eigenvalue weighted by molar-refractivity contribution is 5.94. The van der Waals surface area contributed by atoms with Crippen molar-refractivity contribution in [2.75, 3.05) is 47.0 Å². The fourth-order valence-electron chi connectivity index (χ4n) is 3.98. The van der Waals surface area contributed by atoms with Gasteiger partial charge in [0.05, 0.1) is 18.8 Å². The summed E-state index contributed by atoms with van der Waals surface area (Å²) >= 11 is 0. The molecule has 0 aliphatic carbocycles. The van der Waals surface area contributed by atoms with Gasteiger partial charge in [-0.25, -0.2) is 13.6 Å². The molecule has 1 aromatic rings. The molecule has 12 heteroatoms. The Hall–Kier alpha value is -2.31. The van der Waals surface area contributed by atoms with Crippen LogP contribution < -0.4 is 0 Å². The lowest BCUT2D eigenvalue weighted by atomic mass is 9.88. The number of benzene rings is 1. The van der Waals surface area contributed by atoms with Gasteiger partial charge in [-0.1, -0.05) is 0 Å². The molecule has 0 radical (unpaired) electrons. The molecule has 0 spiro atoms. The maximum Gasteiger partial charge on any atom is 0.490 e. The van der Waals surface area contributed by atoms with Crippen LogP contribution in [0.3, 0.4) is 0 Å². The van der Waals surface area contributed by atoms with Crippen LogP contribution in [0.1, 0.15) is 16.8 Å². The summed E-state index contributed by atoms with van der Waals surface area (Å²) in [7, 11) is 3.37. The number of nitrogens with zero attached hydrogens (tertiary/aromatic N) is 2. The molecule has 0 aromatic heterocycles. The molecule has 2 aliphatic rings. The first-order chi connectivity index (χ1) is 15.0. The summed E-state index contributed by atoms with van der Waals surface area (Å²) in [5, 5.41) is 7.12. The molecule has 2 heterocycles. The van der Waals surface area contributed by atoms with Gasteiger partial charge in [0.25, 0.3) is 5.91 Å². The van der Waals surface area contributed by atoms with E-state index in [1.807, 2.05) is 0 Å². The van der Waals surface area contributed by atoms with Gasteiger partial charge in [-0.3, -0.25) is 9.69 Å². The standard InChI is InChI=1S/C18H24F2N2O3.C2HF3O2/c1-24-8-7-21-10-13-16(11-21)22(6-5-17(13)25-2)18(23)12-3-4-14(19)15(20)9-12;3-2(4,5)1(6)7/h3-4,9,13,16-17H,5-8,10-11H2,1-2H3;(H,6,7)/t13-,16+,17-;/m0./s1. The average Bonchev–Trinajstić information content (AvgIpc) is 3.17. The van der Waals surface area contributed by atoms with Crippen molar-refractivity contribution in [3.8, 4) is 0 Å². The second-order valence-electron chi connectivity index (χ2n) is 7.48. The Kier molecular flexibility index (Phi) is 8.93. The number of carbonyl (C=O) groups excluding carboxylic acids is 1. The zero-order valence-corrected chi connectivity index (χ0v) is 17.6. The first kappa shape index (κ1) is 25.9. The van der Waals surface area contributed by atoms with Gasteiger partial charge in [-0.2, -0.15) is 13.2 Å². The van der Waals surface area contributed by atoms with Gasteiger partial charge < -0.3 is 19.5 Å². The zero-order valence-electron chi connectivity index (χ0n) is 17.6. The van der Waals surface area contributed by atoms with E-state index in [0.29, 0.717) is 13.2 Å². The lowest BCUT2D eigenvalue weighted by Crippen LogP contribution is -2.53. The first-order valence-electron chi connectivity index (χ1n) is 9.79. The smallest absolute Gasteiger partial charge is 0.475 e. The Morgan fingerprint density at radius 1 is 1.16 bits per heavy atom. The van der Waals surface area contributed by atoms with Crippen LogP contribution in [0.15, 0.2) is 18.2 Å². The number of amides is 1. The van der Waals surface area contributed by atoms with E-state index in [1.165, 1.54) is 6.07 Å². The van der Waals surface area contributed by atoms with Gasteiger partial charge in [0.2, 0.25) is 0 Å². The third kappa shape index (κ3) is 6.36. The first-order valence-corrected chi connectivity index (χ1v) is 9.79. The molecule has 2 fully saturated rings. The van der Waals surface area contributed by atoms with Crippen LogP contribution >= 0.6 is 0 Å². The molecular weight excluding hydrogens is 443 g/mol. The summed E-state index contributed by atoms with van der Waals surface area (Å²) in [5.41, 5.74) is 0.184. The number of fused-ring (bicyclic) bond motifs is 1. The van der Waals surface area contributed by atoms with Crippen molar-refractivity contribution in [2.24, 2.45) is 5.92 Å². The normalized spacial score (nSPS) is 23.3. The van der Waals surface area contributed by atoms with Crippen molar-refractivity contribution in [3.63, 3.8) is 0 Å². The Labute approximate surface area is 181 Å². The molecular formula is C20H25F5N2O5. The maximum absolute atomic E-state index is 13.5. The molecule has 0 saturated carbocycles. The predicted octanol–water partition coefficient (Wildman–Crippen LogP) is 2.41. The molecule has 3 atom stereocenters. The highest BCUT2D eigenvalue weighted by Crippen LogP contribution is 2.33. The predicted molar refractivity (Wildman–Crippen MR) is 102 cm³/mol. The summed E-state index contributed by atoms with van der Waals surface area (Å²) in [5.74, 6) is -4.74. The fraction of sp³-hybridized carbons (Fsp3) is 0.600. The Morgan fingerprint density at radius 2 is 1.81 bits per heavy atom. The number of alkyl halides is 3. The molecule has 7 nitrogen and oxygen atoms in total. The summed E-state index contributed by atoms with van der Waals surface area (Å²) in [6.45, 7) is 3.56. The van der Waals surface area contributed by atoms with Crippen LogP contribution in [0.4, 0.5) is 22.0 Å². The molecule has 2 saturated heterocycles. The number of rotatable bonds is 5. The quantitative estimate of drug-likeness (QED) is 0.669. The summed E-state index contributed by atoms with van der Waals surface area (Å²) < 4.78 is 69.2. The zero-order chi connectivity index (χ0) is 24.1. The number of ether oxygens (including phenoxy) is 2. The Balaban J connectivity index is 0.000000451. The molecule has 1 aromatic carbocycles. The third-order valence-electron chi connectivity index (χ3n) is 5.53. The molecule has 32 heavy (non-hydrogen) atoms. The van der Waals surface area contributed by atoms with Crippen LogP contribution in [0, 0.1) is 17.6 Å². The number of methoxy groups -OCH3 is 2. The number of carboxylic acids is 1. The van der Waals surface area contributed by atoms with Crippen LogP contribution in [-0.4, -0.2) is 92.1 Å². The number of halogens is 5. The summed E-state index contributed by atoms with van der Waals surface area (Å²) in [6, 6.07) is 3.33. The number of hydrogen-bond donors (Lipinski definition) is 1. The average molecular weight is 468 g/mol. The lowest BCUT2D eigenvalue weighted by molar-refractivity contribution is -0.192. The summed E-state index contributed by atoms with van der Waals surface area (Å²) in [6.07, 6.45) is -4.24. The van der Waals surface area contributed by atoms with Crippen molar-refractivity contribution >= 4 is 11.9 Å². The molecule has 1 amide bonds. The highest BCUT2D eigenvalue weighted by Gasteiger charge is 2.46. The number of hydrogen-bond acceptors (Lipinski definition) is 5. The van der Waals surface area contributed by atoms with E-state index in [9.17, 15) is 26.7 Å². The number of piperidine rings is 1. The number of carbonyl (C=O) groups is 2. The second-order valence-corrected chi connectivity index (χ2v) is 7.48. The van der Waals surface area contributed by atoms with Crippen LogP contribution in [-0.2, 0) is 14.3 Å². The molecule has 3 rings (SSSR count). The SMILES string of the molecule is COCCN1C[C@@H]2[C@@H](OC)CCN(C(=O)c3ccc(F)c(F)c3)[C@@H]2C1.O=C(O)C(F)(F)F. The van der Waals surface area contributed by atoms with E-state index in [1.54, 1.807) is 19.1 Å². The van der Waals surface area contributed by atoms with Gasteiger partial charge in [0, 0.05) is 51.9 Å². The monoisotopic (exact) mass is 468 g/mol. The molecule has 2 aliphatic heterocycles. The van der Waals surface area contributed by atoms with E-state index in [2.05, 4.69) is 4.90 Å². The minimum atomic E-state index is -5.08. The van der Waals surface area contributed by atoms with Crippen molar-refractivity contribution in [3.05, 3.63) is 35.4 Å². The highest BCUT2D eigenvalue weighted by atomic mass is 19.4. The van der Waals surface area contributed by atoms with Gasteiger partial charge in [-0.05, 0) is 24.6 Å². The number of likely N-dealkylation sites (tertiary alicyclic amines) is 2. The topological polar surface area (TPSA) is 79.3 Å². The molecule has 0 unspecified atom stereocenters. The number of aliphatic carboxylic acids is 1. The molecule has 1 N–H and O–H groups in total. The summed E-state index contributed by atoms with van der Waals surface area (Å²) in [4.78, 5) is 25.8. The van der Waals surface area contributed by atoms with Gasteiger partial charge in [0.1, 0.15) is 0 Å². The fourth-order valence-corrected chi connectivity index (χ4v) is 3.98. The largest absolute Gasteiger partial charge is 0.490 e. The van der Waals surface area contributed by atoms with E-state index >= 15 is 0 Å². The van der Waals surface area contributed by atoms with E-state index in [-0.39, 0.29) is 29.5 Å². The Morgan fingerprint density at radius 3 is 2.34 bits per heavy atom. The maximum atomic E-state index is 13.5. The lowest BCUT2D eigenvalue weighted by Gasteiger charge is -2.41. The third-order valence-corrected chi connectivity index (χ3v) is 5.53. The molecule has 0 bridgehead atoms. The van der Waals surface area contributed by atoms with Crippen molar-refractivity contribution < 1.29 is 46.1 Å². The van der Waals surface area contributed by atoms with Crippen molar-refractivity contribution in [1.82, 2.24) is 9.80 Å². The van der Waals surface area contributed by atoms with E-state index < -0.39 is 23.8 Å².